The lowest BCUT2D eigenvalue weighted by Crippen LogP contribution is -2.30. The second kappa shape index (κ2) is 6.08. The molecule has 4 nitrogen and oxygen atoms in total. The van der Waals surface area contributed by atoms with Crippen molar-refractivity contribution in [1.29, 1.82) is 0 Å². The van der Waals surface area contributed by atoms with Crippen LogP contribution in [-0.2, 0) is 4.79 Å². The summed E-state index contributed by atoms with van der Waals surface area (Å²) < 4.78 is 0. The highest BCUT2D eigenvalue weighted by Crippen LogP contribution is 2.10. The highest BCUT2D eigenvalue weighted by molar-refractivity contribution is 5.76. The number of rotatable bonds is 5. The average Bonchev–Trinajstić information content (AvgIpc) is 2.59. The van der Waals surface area contributed by atoms with Crippen LogP contribution in [0.1, 0.15) is 33.1 Å². The molecule has 1 aliphatic heterocycles. The number of carbonyl (C=O) groups is 1. The quantitative estimate of drug-likeness (QED) is 0.650. The Morgan fingerprint density at radius 3 is 2.87 bits per heavy atom. The molecule has 1 heterocycles. The molecule has 1 amide bonds. The normalized spacial score (nSPS) is 21.3. The smallest absolute Gasteiger partial charge is 0.222 e. The summed E-state index contributed by atoms with van der Waals surface area (Å²) in [5, 5.41) is 12.6. The molecule has 0 aliphatic carbocycles. The summed E-state index contributed by atoms with van der Waals surface area (Å²) in [4.78, 5) is 13.4. The molecule has 0 spiro atoms. The van der Waals surface area contributed by atoms with Gasteiger partial charge in [0.15, 0.2) is 0 Å². The van der Waals surface area contributed by atoms with Crippen molar-refractivity contribution in [2.75, 3.05) is 19.6 Å². The van der Waals surface area contributed by atoms with E-state index in [4.69, 9.17) is 0 Å². The van der Waals surface area contributed by atoms with Crippen LogP contribution in [0.5, 0.6) is 0 Å². The first-order valence-corrected chi connectivity index (χ1v) is 5.79. The number of β-amino-alcohol motifs (C(OH)–C–C–N with tert-alkyl or cyclic N) is 1. The fourth-order valence-electron chi connectivity index (χ4n) is 1.76. The maximum absolute atomic E-state index is 11.6. The molecule has 1 atom stereocenters. The van der Waals surface area contributed by atoms with Crippen LogP contribution in [0.4, 0.5) is 0 Å². The predicted octanol–water partition coefficient (Wildman–Crippen LogP) is 0.358. The molecule has 1 unspecified atom stereocenters. The van der Waals surface area contributed by atoms with Gasteiger partial charge in [-0.2, -0.15) is 0 Å². The molecule has 0 aromatic heterocycles. The molecule has 0 aromatic rings. The number of nitrogens with one attached hydrogen (secondary N) is 1. The van der Waals surface area contributed by atoms with E-state index in [-0.39, 0.29) is 12.0 Å². The molecule has 1 saturated heterocycles. The molecule has 0 bridgehead atoms. The lowest BCUT2D eigenvalue weighted by Gasteiger charge is -2.15. The number of amides is 1. The lowest BCUT2D eigenvalue weighted by atomic mass is 10.2. The molecule has 0 radical (unpaired) electrons. The van der Waals surface area contributed by atoms with Crippen molar-refractivity contribution in [3.8, 4) is 0 Å². The number of likely N-dealkylation sites (tertiary alicyclic amines) is 1. The van der Waals surface area contributed by atoms with Gasteiger partial charge in [-0.25, -0.2) is 0 Å². The summed E-state index contributed by atoms with van der Waals surface area (Å²) in [6.07, 6.45) is 1.90. The fraction of sp³-hybridized carbons (Fsp3) is 0.909. The largest absolute Gasteiger partial charge is 0.391 e. The minimum Gasteiger partial charge on any atom is -0.391 e. The maximum Gasteiger partial charge on any atom is 0.222 e. The van der Waals surface area contributed by atoms with Gasteiger partial charge in [-0.15, -0.1) is 0 Å². The highest BCUT2D eigenvalue weighted by atomic mass is 16.3. The molecule has 4 heteroatoms. The summed E-state index contributed by atoms with van der Waals surface area (Å²) in [6.45, 7) is 6.32. The van der Waals surface area contributed by atoms with Crippen molar-refractivity contribution < 1.29 is 9.90 Å². The monoisotopic (exact) mass is 214 g/mol. The van der Waals surface area contributed by atoms with E-state index in [9.17, 15) is 9.90 Å². The summed E-state index contributed by atoms with van der Waals surface area (Å²) in [6, 6.07) is 0.480. The fourth-order valence-corrected chi connectivity index (χ4v) is 1.76. The first kappa shape index (κ1) is 12.5. The number of carbonyl (C=O) groups excluding carboxylic acids is 1. The van der Waals surface area contributed by atoms with Gasteiger partial charge in [0.1, 0.15) is 0 Å². The zero-order chi connectivity index (χ0) is 11.3. The van der Waals surface area contributed by atoms with Gasteiger partial charge in [-0.05, 0) is 19.4 Å². The molecule has 15 heavy (non-hydrogen) atoms. The Labute approximate surface area is 91.6 Å². The van der Waals surface area contributed by atoms with Crippen LogP contribution in [0.25, 0.3) is 0 Å². The van der Waals surface area contributed by atoms with Crippen molar-refractivity contribution in [2.24, 2.45) is 0 Å². The van der Waals surface area contributed by atoms with Crippen LogP contribution in [-0.4, -0.2) is 47.7 Å². The van der Waals surface area contributed by atoms with E-state index >= 15 is 0 Å². The van der Waals surface area contributed by atoms with Gasteiger partial charge in [0, 0.05) is 25.6 Å². The summed E-state index contributed by atoms with van der Waals surface area (Å²) in [7, 11) is 0. The summed E-state index contributed by atoms with van der Waals surface area (Å²) in [5.41, 5.74) is 0. The van der Waals surface area contributed by atoms with E-state index in [0.29, 0.717) is 19.0 Å². The Bertz CT molecular complexity index is 207. The summed E-state index contributed by atoms with van der Waals surface area (Å²) in [5.74, 6) is 0.178. The van der Waals surface area contributed by atoms with Crippen LogP contribution in [0.2, 0.25) is 0 Å². The Morgan fingerprint density at radius 2 is 2.33 bits per heavy atom. The van der Waals surface area contributed by atoms with E-state index in [0.717, 1.165) is 25.9 Å². The standard InChI is InChI=1S/C11H22N2O2/c1-9(2)12-6-3-4-11(15)13-7-5-10(14)8-13/h9-10,12,14H,3-8H2,1-2H3. The van der Waals surface area contributed by atoms with Crippen molar-refractivity contribution in [1.82, 2.24) is 10.2 Å². The van der Waals surface area contributed by atoms with Crippen molar-refractivity contribution in [2.45, 2.75) is 45.3 Å². The Hall–Kier alpha value is -0.610. The van der Waals surface area contributed by atoms with Crippen LogP contribution in [0.15, 0.2) is 0 Å². The van der Waals surface area contributed by atoms with Crippen molar-refractivity contribution >= 4 is 5.91 Å². The minimum atomic E-state index is -0.303. The second-order valence-electron chi connectivity index (χ2n) is 4.49. The SMILES string of the molecule is CC(C)NCCCC(=O)N1CCC(O)C1. The van der Waals surface area contributed by atoms with Crippen LogP contribution in [0, 0.1) is 0 Å². The van der Waals surface area contributed by atoms with Gasteiger partial charge >= 0.3 is 0 Å². The van der Waals surface area contributed by atoms with E-state index in [2.05, 4.69) is 19.2 Å². The van der Waals surface area contributed by atoms with Crippen LogP contribution >= 0.6 is 0 Å². The summed E-state index contributed by atoms with van der Waals surface area (Å²) >= 11 is 0. The van der Waals surface area contributed by atoms with E-state index in [1.165, 1.54) is 0 Å². The zero-order valence-electron chi connectivity index (χ0n) is 9.70. The van der Waals surface area contributed by atoms with Gasteiger partial charge in [0.05, 0.1) is 6.10 Å². The topological polar surface area (TPSA) is 52.6 Å². The van der Waals surface area contributed by atoms with Gasteiger partial charge in [0.25, 0.3) is 0 Å². The van der Waals surface area contributed by atoms with Gasteiger partial charge in [-0.1, -0.05) is 13.8 Å². The molecular weight excluding hydrogens is 192 g/mol. The van der Waals surface area contributed by atoms with Gasteiger partial charge in [0.2, 0.25) is 5.91 Å². The van der Waals surface area contributed by atoms with Crippen molar-refractivity contribution in [3.05, 3.63) is 0 Å². The molecule has 1 fully saturated rings. The number of hydrogen-bond acceptors (Lipinski definition) is 3. The molecule has 2 N–H and O–H groups in total. The number of hydrogen-bond donors (Lipinski definition) is 2. The van der Waals surface area contributed by atoms with Gasteiger partial charge < -0.3 is 15.3 Å². The molecule has 1 aliphatic rings. The maximum atomic E-state index is 11.6. The molecule has 88 valence electrons. The number of nitrogens with zero attached hydrogens (tertiary/aromatic N) is 1. The third-order valence-corrected chi connectivity index (χ3v) is 2.64. The lowest BCUT2D eigenvalue weighted by molar-refractivity contribution is -0.130. The van der Waals surface area contributed by atoms with E-state index in [1.54, 1.807) is 4.90 Å². The molecular formula is C11H22N2O2. The van der Waals surface area contributed by atoms with E-state index < -0.39 is 0 Å². The van der Waals surface area contributed by atoms with E-state index in [1.807, 2.05) is 0 Å². The first-order valence-electron chi connectivity index (χ1n) is 5.79. The number of aliphatic hydroxyl groups is 1. The molecule has 1 rings (SSSR count). The Kier molecular flexibility index (Phi) is 5.05. The van der Waals surface area contributed by atoms with Crippen LogP contribution in [0.3, 0.4) is 0 Å². The van der Waals surface area contributed by atoms with Crippen molar-refractivity contribution in [3.63, 3.8) is 0 Å². The van der Waals surface area contributed by atoms with Crippen LogP contribution < -0.4 is 5.32 Å². The first-order chi connectivity index (χ1) is 7.09. The predicted molar refractivity (Wildman–Crippen MR) is 59.6 cm³/mol. The molecule has 0 saturated carbocycles. The third kappa shape index (κ3) is 4.62. The Morgan fingerprint density at radius 1 is 1.60 bits per heavy atom. The van der Waals surface area contributed by atoms with Gasteiger partial charge in [-0.3, -0.25) is 4.79 Å². The molecule has 0 aromatic carbocycles. The average molecular weight is 214 g/mol. The second-order valence-corrected chi connectivity index (χ2v) is 4.49. The zero-order valence-corrected chi connectivity index (χ0v) is 9.70. The minimum absolute atomic E-state index is 0.178. The number of aliphatic hydroxyl groups excluding tert-OH is 1. The highest BCUT2D eigenvalue weighted by Gasteiger charge is 2.23. The third-order valence-electron chi connectivity index (χ3n) is 2.64. The Balaban J connectivity index is 2.08.